The summed E-state index contributed by atoms with van der Waals surface area (Å²) < 4.78 is -0.0484. The fourth-order valence-corrected chi connectivity index (χ4v) is 11.0. The molecular formula is C41H37IN4O12STc. The SMILES string of the molecule is CC1=CC(O)=C2C(=O)C3C(O)=CC(O)C4=C3C3=C5C6C4=C(O)C([123I])=C(O)C6C(=O)C4=C(O)C=C(C(=O)NCCCCC[N-]C(=O)C[N-]C(=O)C[N-]C(=O)C[S-])C(C45)C1C23.[99Tc+4]. The minimum Gasteiger partial charge on any atom is -0.787 e. The molecule has 2 saturated carbocycles. The van der Waals surface area contributed by atoms with Crippen LogP contribution in [0.5, 0.6) is 0 Å². The average molecular weight is 1030 g/mol. The van der Waals surface area contributed by atoms with Crippen LogP contribution >= 0.6 is 22.6 Å². The first-order valence-corrected chi connectivity index (χ1v) is 20.7. The number of carbonyl (C=O) groups excluding carboxylic acids is 6. The molecule has 8 unspecified atom stereocenters. The maximum Gasteiger partial charge on any atom is 4.00 e. The average Bonchev–Trinajstić information content (AvgIpc) is 3.19. The van der Waals surface area contributed by atoms with Crippen LogP contribution in [0.25, 0.3) is 16.0 Å². The number of nitrogens with one attached hydrogen (secondary N) is 1. The first-order valence-electron chi connectivity index (χ1n) is 19.0. The number of nitrogens with zero attached hydrogens (tertiary/aromatic N) is 3. The molecule has 7 N–H and O–H groups in total. The third kappa shape index (κ3) is 6.62. The van der Waals surface area contributed by atoms with Gasteiger partial charge in [0.05, 0.1) is 9.50 Å². The van der Waals surface area contributed by atoms with E-state index in [1.807, 2.05) is 0 Å². The monoisotopic (exact) mass is 1030 g/mol. The van der Waals surface area contributed by atoms with E-state index in [-0.39, 0.29) is 81.7 Å². The van der Waals surface area contributed by atoms with Gasteiger partial charge in [-0.15, -0.1) is 12.3 Å². The van der Waals surface area contributed by atoms with Gasteiger partial charge in [0.15, 0.2) is 11.6 Å². The Hall–Kier alpha value is -4.43. The van der Waals surface area contributed by atoms with Crippen LogP contribution in [0.1, 0.15) is 26.2 Å². The summed E-state index contributed by atoms with van der Waals surface area (Å²) in [5, 5.41) is 82.9. The Morgan fingerprint density at radius 3 is 2.10 bits per heavy atom. The zero-order valence-electron chi connectivity index (χ0n) is 31.6. The minimum atomic E-state index is -1.50. The fraction of sp³-hybridized carbons (Fsp3) is 0.415. The van der Waals surface area contributed by atoms with Crippen molar-refractivity contribution in [3.8, 4) is 0 Å². The molecular weight excluding hydrogens is 994 g/mol. The van der Waals surface area contributed by atoms with Crippen LogP contribution in [0.3, 0.4) is 0 Å². The molecule has 19 heteroatoms. The maximum atomic E-state index is 14.6. The van der Waals surface area contributed by atoms with Crippen molar-refractivity contribution in [2.24, 2.45) is 41.4 Å². The van der Waals surface area contributed by atoms with Crippen LogP contribution in [-0.4, -0.2) is 104 Å². The van der Waals surface area contributed by atoms with Crippen molar-refractivity contribution in [1.82, 2.24) is 5.32 Å². The third-order valence-electron chi connectivity index (χ3n) is 12.5. The smallest absolute Gasteiger partial charge is 0.787 e. The van der Waals surface area contributed by atoms with Crippen molar-refractivity contribution in [1.29, 1.82) is 0 Å². The second-order valence-corrected chi connectivity index (χ2v) is 16.9. The molecule has 0 spiro atoms. The summed E-state index contributed by atoms with van der Waals surface area (Å²) in [5.41, 5.74) is 2.10. The Labute approximate surface area is 375 Å². The van der Waals surface area contributed by atoms with E-state index >= 15 is 0 Å². The number of hydrogen-bond acceptors (Lipinski definition) is 13. The van der Waals surface area contributed by atoms with Gasteiger partial charge in [0.1, 0.15) is 40.8 Å². The molecule has 8 rings (SSSR count). The van der Waals surface area contributed by atoms with E-state index in [1.54, 1.807) is 29.5 Å². The van der Waals surface area contributed by atoms with Gasteiger partial charge < -0.3 is 78.9 Å². The van der Waals surface area contributed by atoms with E-state index in [0.717, 1.165) is 6.08 Å². The third-order valence-corrected chi connectivity index (χ3v) is 13.8. The van der Waals surface area contributed by atoms with E-state index in [0.29, 0.717) is 36.0 Å². The number of hydrogen-bond donors (Lipinski definition) is 7. The zero-order chi connectivity index (χ0) is 42.3. The van der Waals surface area contributed by atoms with E-state index in [2.05, 4.69) is 33.9 Å². The Morgan fingerprint density at radius 1 is 0.750 bits per heavy atom. The molecule has 2 fully saturated rings. The van der Waals surface area contributed by atoms with Crippen LogP contribution < -0.4 is 5.32 Å². The molecule has 313 valence electrons. The number of ketones is 2. The van der Waals surface area contributed by atoms with E-state index in [1.165, 1.54) is 12.2 Å². The largest absolute Gasteiger partial charge is 4.00 e. The quantitative estimate of drug-likeness (QED) is 0.0829. The van der Waals surface area contributed by atoms with Gasteiger partial charge in [0.25, 0.3) is 0 Å². The number of rotatable bonds is 12. The molecule has 0 aromatic carbocycles. The number of fused-ring (bicyclic) bond motifs is 2. The number of aliphatic hydroxyl groups is 6. The van der Waals surface area contributed by atoms with Crippen molar-refractivity contribution in [2.75, 3.05) is 31.9 Å². The van der Waals surface area contributed by atoms with Gasteiger partial charge in [0.2, 0.25) is 5.91 Å². The number of unbranched alkanes of at least 4 members (excludes halogenated alkanes) is 2. The summed E-state index contributed by atoms with van der Waals surface area (Å²) >= 11 is 6.25. The van der Waals surface area contributed by atoms with Crippen LogP contribution in [0, 0.1) is 41.4 Å². The Bertz CT molecular complexity index is 2370. The van der Waals surface area contributed by atoms with Crippen LogP contribution in [0.15, 0.2) is 101 Å². The second kappa shape index (κ2) is 16.4. The minimum absolute atomic E-state index is 0. The molecule has 1 radical (unpaired) electrons. The summed E-state index contributed by atoms with van der Waals surface area (Å²) in [6.45, 7) is 1.11. The number of amides is 4. The summed E-state index contributed by atoms with van der Waals surface area (Å²) in [5.74, 6) is -13.3. The second-order valence-electron chi connectivity index (χ2n) is 15.6. The summed E-state index contributed by atoms with van der Waals surface area (Å²) in [7, 11) is 0. The van der Waals surface area contributed by atoms with E-state index < -0.39 is 119 Å². The van der Waals surface area contributed by atoms with Gasteiger partial charge in [-0.05, 0) is 82.4 Å². The number of halogens is 1. The molecule has 0 heterocycles. The van der Waals surface area contributed by atoms with Crippen LogP contribution in [0.4, 0.5) is 0 Å². The summed E-state index contributed by atoms with van der Waals surface area (Å²) in [6, 6.07) is 0. The van der Waals surface area contributed by atoms with Gasteiger partial charge in [0, 0.05) is 70.2 Å². The van der Waals surface area contributed by atoms with Gasteiger partial charge in [-0.3, -0.25) is 14.4 Å². The number of aliphatic hydroxyl groups excluding tert-OH is 6. The Balaban J connectivity index is 0.00000544. The normalized spacial score (nSPS) is 29.3. The molecule has 16 nitrogen and oxygen atoms in total. The Kier molecular flexibility index (Phi) is 12.0. The number of carbonyl (C=O) groups is 6. The summed E-state index contributed by atoms with van der Waals surface area (Å²) in [4.78, 5) is 78.2. The fourth-order valence-electron chi connectivity index (χ4n) is 10.3. The molecule has 0 bridgehead atoms. The topological polar surface area (TPSA) is 278 Å². The standard InChI is InChI=1S/C41H41IN4O12S.Tc/c1-13-7-15(47)25-28-22(13)23-14(41(58)44-6-4-2-3-5-43-19(51)10-45-20(52)11-46-21(53)12-59)8-16(48)26-29(23)32-31(28)30-24(17(49)9-18(50)27(30)37(25)54)34-33(32)35(38(26)55)40(57)36(42)39(34)56;/h7-9,17,22-23,27-29,33,35,49H,2-6,10-12H2,1H3,(H10,43,44,45,46,47,48,50,51,52,53,54,55,56,57,58,59);/q;+4/p-4/i42-4;1+1. The van der Waals surface area contributed by atoms with Crippen molar-refractivity contribution < 1.29 is 79.5 Å². The van der Waals surface area contributed by atoms with Crippen LogP contribution in [-0.2, 0) is 61.5 Å². The van der Waals surface area contributed by atoms with Crippen molar-refractivity contribution >= 4 is 70.4 Å². The Morgan fingerprint density at radius 2 is 1.40 bits per heavy atom. The van der Waals surface area contributed by atoms with Crippen molar-refractivity contribution in [3.05, 3.63) is 117 Å². The molecule has 8 aliphatic rings. The zero-order valence-corrected chi connectivity index (χ0v) is 36.5. The molecule has 4 amide bonds. The van der Waals surface area contributed by atoms with E-state index in [9.17, 15) is 59.4 Å². The molecule has 0 aromatic heterocycles. The summed E-state index contributed by atoms with van der Waals surface area (Å²) in [6.07, 6.45) is 3.77. The predicted octanol–water partition coefficient (Wildman–Crippen LogP) is 3.99. The van der Waals surface area contributed by atoms with Gasteiger partial charge in [-0.1, -0.05) is 31.5 Å². The first-order chi connectivity index (χ1) is 28.1. The first kappa shape index (κ1) is 43.7. The van der Waals surface area contributed by atoms with Gasteiger partial charge >= 0.3 is 20.1 Å². The van der Waals surface area contributed by atoms with Gasteiger partial charge in [-0.2, -0.15) is 0 Å². The molecule has 0 aromatic rings. The molecule has 8 atom stereocenters. The van der Waals surface area contributed by atoms with Gasteiger partial charge in [-0.25, -0.2) is 0 Å². The van der Waals surface area contributed by atoms with E-state index in [4.69, 9.17) is 0 Å². The predicted molar refractivity (Wildman–Crippen MR) is 218 cm³/mol. The molecule has 60 heavy (non-hydrogen) atoms. The molecule has 0 saturated heterocycles. The number of Topliss-reactive ketones (excluding diaryl/α,β-unsaturated/α-hetero) is 2. The van der Waals surface area contributed by atoms with Crippen LogP contribution in [0.2, 0.25) is 0 Å². The van der Waals surface area contributed by atoms with Crippen molar-refractivity contribution in [2.45, 2.75) is 32.3 Å². The van der Waals surface area contributed by atoms with Crippen molar-refractivity contribution in [3.63, 3.8) is 0 Å². The molecule has 8 aliphatic carbocycles. The maximum absolute atomic E-state index is 14.6. The number of allylic oxidation sites excluding steroid dienone is 10. The molecule has 0 aliphatic heterocycles.